The predicted octanol–water partition coefficient (Wildman–Crippen LogP) is -0.487. The van der Waals surface area contributed by atoms with Crippen molar-refractivity contribution in [1.29, 1.82) is 0 Å². The second-order valence-corrected chi connectivity index (χ2v) is 4.20. The van der Waals surface area contributed by atoms with E-state index < -0.39 is 10.2 Å². The second-order valence-electron chi connectivity index (χ2n) is 2.83. The maximum atomic E-state index is 10.7. The van der Waals surface area contributed by atoms with Gasteiger partial charge in [-0.25, -0.2) is 9.86 Å². The minimum Gasteiger partial charge on any atom is -0.469 e. The Morgan fingerprint density at radius 2 is 2.00 bits per heavy atom. The number of nitrogens with two attached hydrogens (primary N) is 1. The van der Waals surface area contributed by atoms with E-state index in [1.807, 2.05) is 0 Å². The number of nitrogens with one attached hydrogen (secondary N) is 1. The molecule has 0 aromatic carbocycles. The number of hydrogen-bond acceptors (Lipinski definition) is 4. The van der Waals surface area contributed by atoms with Gasteiger partial charge < -0.3 is 4.74 Å². The summed E-state index contributed by atoms with van der Waals surface area (Å²) in [6.07, 6.45) is 2.48. The number of carbonyl (C=O) groups is 1. The fraction of sp³-hybridized carbons (Fsp3) is 0.857. The van der Waals surface area contributed by atoms with Crippen LogP contribution in [-0.4, -0.2) is 28.0 Å². The van der Waals surface area contributed by atoms with Gasteiger partial charge in [-0.1, -0.05) is 6.42 Å². The van der Waals surface area contributed by atoms with Crippen molar-refractivity contribution in [1.82, 2.24) is 4.72 Å². The summed E-state index contributed by atoms with van der Waals surface area (Å²) < 4.78 is 27.4. The summed E-state index contributed by atoms with van der Waals surface area (Å²) >= 11 is 0. The molecule has 3 N–H and O–H groups in total. The fourth-order valence-corrected chi connectivity index (χ4v) is 1.32. The van der Waals surface area contributed by atoms with Crippen molar-refractivity contribution < 1.29 is 17.9 Å². The van der Waals surface area contributed by atoms with Crippen LogP contribution in [0.15, 0.2) is 0 Å². The number of rotatable bonds is 7. The molecule has 84 valence electrons. The molecule has 0 radical (unpaired) electrons. The number of hydrogen-bond donors (Lipinski definition) is 2. The lowest BCUT2D eigenvalue weighted by atomic mass is 10.2. The van der Waals surface area contributed by atoms with Gasteiger partial charge in [-0.3, -0.25) is 4.79 Å². The van der Waals surface area contributed by atoms with Crippen LogP contribution >= 0.6 is 0 Å². The van der Waals surface area contributed by atoms with E-state index in [-0.39, 0.29) is 5.97 Å². The molecule has 0 spiro atoms. The first-order chi connectivity index (χ1) is 6.45. The largest absolute Gasteiger partial charge is 0.469 e. The van der Waals surface area contributed by atoms with Crippen molar-refractivity contribution in [3.05, 3.63) is 0 Å². The third-order valence-corrected chi connectivity index (χ3v) is 2.20. The standard InChI is InChI=1S/C7H16N2O4S/c1-13-7(10)5-3-2-4-6-9-14(8,11)12/h9H,2-6H2,1H3,(H2,8,11,12). The molecular weight excluding hydrogens is 208 g/mol. The van der Waals surface area contributed by atoms with Gasteiger partial charge in [0.25, 0.3) is 10.2 Å². The average molecular weight is 224 g/mol. The lowest BCUT2D eigenvalue weighted by Gasteiger charge is -2.01. The lowest BCUT2D eigenvalue weighted by Crippen LogP contribution is -2.31. The zero-order chi connectivity index (χ0) is 11.0. The van der Waals surface area contributed by atoms with Gasteiger partial charge in [0, 0.05) is 13.0 Å². The fourth-order valence-electron chi connectivity index (χ4n) is 0.888. The molecule has 6 nitrogen and oxygen atoms in total. The van der Waals surface area contributed by atoms with Crippen LogP contribution in [0.3, 0.4) is 0 Å². The van der Waals surface area contributed by atoms with Crippen molar-refractivity contribution in [2.24, 2.45) is 5.14 Å². The van der Waals surface area contributed by atoms with Crippen LogP contribution in [0.2, 0.25) is 0 Å². The summed E-state index contributed by atoms with van der Waals surface area (Å²) in [6, 6.07) is 0. The van der Waals surface area contributed by atoms with Gasteiger partial charge in [-0.05, 0) is 12.8 Å². The van der Waals surface area contributed by atoms with Crippen LogP contribution in [0.25, 0.3) is 0 Å². The SMILES string of the molecule is COC(=O)CCCCCNS(N)(=O)=O. The first kappa shape index (κ1) is 13.3. The van der Waals surface area contributed by atoms with Gasteiger partial charge in [0.15, 0.2) is 0 Å². The minimum absolute atomic E-state index is 0.246. The molecule has 0 amide bonds. The van der Waals surface area contributed by atoms with Crippen LogP contribution in [0.4, 0.5) is 0 Å². The van der Waals surface area contributed by atoms with Gasteiger partial charge in [-0.2, -0.15) is 8.42 Å². The van der Waals surface area contributed by atoms with E-state index in [1.165, 1.54) is 7.11 Å². The van der Waals surface area contributed by atoms with E-state index in [1.54, 1.807) is 0 Å². The van der Waals surface area contributed by atoms with Crippen LogP contribution in [0, 0.1) is 0 Å². The minimum atomic E-state index is -3.57. The number of carbonyl (C=O) groups excluding carboxylic acids is 1. The molecule has 0 heterocycles. The Balaban J connectivity index is 3.27. The zero-order valence-electron chi connectivity index (χ0n) is 8.15. The molecular formula is C7H16N2O4S. The van der Waals surface area contributed by atoms with Crippen molar-refractivity contribution >= 4 is 16.2 Å². The van der Waals surface area contributed by atoms with E-state index in [0.29, 0.717) is 25.8 Å². The van der Waals surface area contributed by atoms with Gasteiger partial charge >= 0.3 is 5.97 Å². The lowest BCUT2D eigenvalue weighted by molar-refractivity contribution is -0.140. The van der Waals surface area contributed by atoms with Crippen LogP contribution in [0.1, 0.15) is 25.7 Å². The molecule has 0 atom stereocenters. The Labute approximate surface area is 84.0 Å². The molecule has 0 saturated carbocycles. The summed E-state index contributed by atoms with van der Waals surface area (Å²) in [4.78, 5) is 10.7. The van der Waals surface area contributed by atoms with Gasteiger partial charge in [0.1, 0.15) is 0 Å². The van der Waals surface area contributed by atoms with Crippen LogP contribution in [-0.2, 0) is 19.7 Å². The molecule has 0 aliphatic rings. The van der Waals surface area contributed by atoms with Crippen molar-refractivity contribution in [3.63, 3.8) is 0 Å². The topological polar surface area (TPSA) is 98.5 Å². The third kappa shape index (κ3) is 9.43. The average Bonchev–Trinajstić information content (AvgIpc) is 2.08. The zero-order valence-corrected chi connectivity index (χ0v) is 8.97. The Morgan fingerprint density at radius 1 is 1.36 bits per heavy atom. The van der Waals surface area contributed by atoms with Crippen molar-refractivity contribution in [3.8, 4) is 0 Å². The maximum absolute atomic E-state index is 10.7. The molecule has 14 heavy (non-hydrogen) atoms. The highest BCUT2D eigenvalue weighted by atomic mass is 32.2. The summed E-state index contributed by atoms with van der Waals surface area (Å²) in [5.41, 5.74) is 0. The number of methoxy groups -OCH3 is 1. The Hall–Kier alpha value is -0.660. The monoisotopic (exact) mass is 224 g/mol. The molecule has 7 heteroatoms. The van der Waals surface area contributed by atoms with Crippen molar-refractivity contribution in [2.45, 2.75) is 25.7 Å². The molecule has 0 bridgehead atoms. The highest BCUT2D eigenvalue weighted by Gasteiger charge is 2.01. The Kier molecular flexibility index (Phi) is 6.43. The Morgan fingerprint density at radius 3 is 2.50 bits per heavy atom. The van der Waals surface area contributed by atoms with Gasteiger partial charge in [0.2, 0.25) is 0 Å². The first-order valence-electron chi connectivity index (χ1n) is 4.30. The molecule has 0 aromatic rings. The van der Waals surface area contributed by atoms with Gasteiger partial charge in [0.05, 0.1) is 7.11 Å². The third-order valence-electron chi connectivity index (χ3n) is 1.59. The van der Waals surface area contributed by atoms with E-state index in [9.17, 15) is 13.2 Å². The van der Waals surface area contributed by atoms with Crippen LogP contribution < -0.4 is 9.86 Å². The molecule has 0 aromatic heterocycles. The van der Waals surface area contributed by atoms with Crippen LogP contribution in [0.5, 0.6) is 0 Å². The van der Waals surface area contributed by atoms with E-state index >= 15 is 0 Å². The smallest absolute Gasteiger partial charge is 0.305 e. The second kappa shape index (κ2) is 6.74. The Bertz CT molecular complexity index is 263. The quantitative estimate of drug-likeness (QED) is 0.450. The summed E-state index contributed by atoms with van der Waals surface area (Å²) in [5, 5.41) is 4.71. The molecule has 0 saturated heterocycles. The summed E-state index contributed by atoms with van der Waals surface area (Å²) in [6.45, 7) is 0.306. The van der Waals surface area contributed by atoms with E-state index in [4.69, 9.17) is 5.14 Å². The normalized spacial score (nSPS) is 11.3. The number of esters is 1. The van der Waals surface area contributed by atoms with E-state index in [2.05, 4.69) is 9.46 Å². The highest BCUT2D eigenvalue weighted by molar-refractivity contribution is 7.87. The van der Waals surface area contributed by atoms with Crippen molar-refractivity contribution in [2.75, 3.05) is 13.7 Å². The molecule has 0 rings (SSSR count). The summed E-state index contributed by atoms with van der Waals surface area (Å²) in [5.74, 6) is -0.246. The molecule has 0 fully saturated rings. The molecule has 0 aliphatic heterocycles. The van der Waals surface area contributed by atoms with E-state index in [0.717, 1.165) is 6.42 Å². The predicted molar refractivity (Wildman–Crippen MR) is 51.6 cm³/mol. The molecule has 0 unspecified atom stereocenters. The number of ether oxygens (including phenoxy) is 1. The highest BCUT2D eigenvalue weighted by Crippen LogP contribution is 1.99. The first-order valence-corrected chi connectivity index (χ1v) is 5.84. The summed E-state index contributed by atoms with van der Waals surface area (Å²) in [7, 11) is -2.24. The maximum Gasteiger partial charge on any atom is 0.305 e. The molecule has 0 aliphatic carbocycles. The van der Waals surface area contributed by atoms with Gasteiger partial charge in [-0.15, -0.1) is 0 Å². The number of unbranched alkanes of at least 4 members (excludes halogenated alkanes) is 2.